The molecule has 1 atom stereocenters. The first-order valence-electron chi connectivity index (χ1n) is 9.56. The minimum Gasteiger partial charge on any atom is -0.267 e. The van der Waals surface area contributed by atoms with Gasteiger partial charge in [0.1, 0.15) is 0 Å². The standard InChI is InChI=1S/C20H21ClN4O3S2/c21-15-6-10-17(11-7-15)30(27,28)24-18(14-4-2-1-3-5-14)12-13-29-20-23-22-19(26)25(20)16-8-9-16/h1-7,10-11,16,18,24H,8-9,12-13H2,(H,22,26)/t18-/m0/s1. The Hall–Kier alpha value is -2.07. The Labute approximate surface area is 183 Å². The van der Waals surface area contributed by atoms with Crippen LogP contribution in [0.3, 0.4) is 0 Å². The number of nitrogens with zero attached hydrogens (tertiary/aromatic N) is 2. The lowest BCUT2D eigenvalue weighted by atomic mass is 10.1. The second kappa shape index (κ2) is 8.97. The van der Waals surface area contributed by atoms with Crippen LogP contribution in [0, 0.1) is 0 Å². The number of hydrogen-bond acceptors (Lipinski definition) is 5. The number of thioether (sulfide) groups is 1. The first kappa shape index (κ1) is 21.2. The van der Waals surface area contributed by atoms with Crippen LogP contribution < -0.4 is 10.4 Å². The van der Waals surface area contributed by atoms with E-state index in [-0.39, 0.29) is 16.6 Å². The molecule has 0 spiro atoms. The summed E-state index contributed by atoms with van der Waals surface area (Å²) in [5.41, 5.74) is 0.681. The Bertz CT molecular complexity index is 1160. The van der Waals surface area contributed by atoms with Crippen molar-refractivity contribution in [1.29, 1.82) is 0 Å². The van der Waals surface area contributed by atoms with Crippen molar-refractivity contribution in [2.45, 2.75) is 41.4 Å². The van der Waals surface area contributed by atoms with Gasteiger partial charge < -0.3 is 0 Å². The molecule has 3 aromatic rings. The molecule has 10 heteroatoms. The van der Waals surface area contributed by atoms with E-state index in [1.165, 1.54) is 23.9 Å². The molecule has 0 unspecified atom stereocenters. The van der Waals surface area contributed by atoms with E-state index in [0.717, 1.165) is 18.4 Å². The van der Waals surface area contributed by atoms with Crippen molar-refractivity contribution in [3.8, 4) is 0 Å². The summed E-state index contributed by atoms with van der Waals surface area (Å²) in [7, 11) is -3.72. The molecule has 1 fully saturated rings. The second-order valence-corrected chi connectivity index (χ2v) is 10.3. The highest BCUT2D eigenvalue weighted by molar-refractivity contribution is 7.99. The number of nitrogens with one attached hydrogen (secondary N) is 2. The van der Waals surface area contributed by atoms with Gasteiger partial charge in [-0.3, -0.25) is 4.57 Å². The Morgan fingerprint density at radius 2 is 1.87 bits per heavy atom. The Kier molecular flexibility index (Phi) is 6.33. The van der Waals surface area contributed by atoms with Gasteiger partial charge in [0.2, 0.25) is 10.0 Å². The lowest BCUT2D eigenvalue weighted by Crippen LogP contribution is -2.29. The number of aromatic nitrogens is 3. The third-order valence-electron chi connectivity index (χ3n) is 4.85. The Balaban J connectivity index is 1.49. The molecule has 1 heterocycles. The van der Waals surface area contributed by atoms with Gasteiger partial charge in [0.15, 0.2) is 5.16 Å². The summed E-state index contributed by atoms with van der Waals surface area (Å²) < 4.78 is 30.3. The normalized spacial score (nSPS) is 15.2. The maximum atomic E-state index is 12.9. The van der Waals surface area contributed by atoms with E-state index in [2.05, 4.69) is 14.9 Å². The van der Waals surface area contributed by atoms with Crippen molar-refractivity contribution in [1.82, 2.24) is 19.5 Å². The first-order chi connectivity index (χ1) is 14.4. The van der Waals surface area contributed by atoms with Gasteiger partial charge in [-0.1, -0.05) is 53.7 Å². The molecule has 2 aromatic carbocycles. The number of hydrogen-bond donors (Lipinski definition) is 2. The molecule has 1 aliphatic rings. The number of H-pyrrole nitrogens is 1. The first-order valence-corrected chi connectivity index (χ1v) is 12.4. The number of halogens is 1. The van der Waals surface area contributed by atoms with E-state index in [0.29, 0.717) is 22.4 Å². The summed E-state index contributed by atoms with van der Waals surface area (Å²) in [4.78, 5) is 12.1. The summed E-state index contributed by atoms with van der Waals surface area (Å²) in [6.45, 7) is 0. The fraction of sp³-hybridized carbons (Fsp3) is 0.300. The summed E-state index contributed by atoms with van der Waals surface area (Å²) >= 11 is 7.33. The van der Waals surface area contributed by atoms with Crippen LogP contribution >= 0.6 is 23.4 Å². The molecule has 1 aromatic heterocycles. The molecule has 0 aliphatic heterocycles. The molecule has 7 nitrogen and oxygen atoms in total. The smallest absolute Gasteiger partial charge is 0.267 e. The van der Waals surface area contributed by atoms with E-state index < -0.39 is 16.1 Å². The van der Waals surface area contributed by atoms with Crippen molar-refractivity contribution in [3.05, 3.63) is 75.7 Å². The minimum absolute atomic E-state index is 0.162. The van der Waals surface area contributed by atoms with E-state index in [4.69, 9.17) is 11.6 Å². The van der Waals surface area contributed by atoms with Crippen molar-refractivity contribution in [2.75, 3.05) is 5.75 Å². The molecule has 0 bridgehead atoms. The van der Waals surface area contributed by atoms with Crippen LogP contribution in [-0.4, -0.2) is 28.9 Å². The molecule has 0 saturated heterocycles. The SMILES string of the molecule is O=c1[nH]nc(SCC[C@H](NS(=O)(=O)c2ccc(Cl)cc2)c2ccccc2)n1C1CC1. The average molecular weight is 465 g/mol. The lowest BCUT2D eigenvalue weighted by Gasteiger charge is -2.19. The van der Waals surface area contributed by atoms with Crippen LogP contribution in [0.5, 0.6) is 0 Å². The van der Waals surface area contributed by atoms with Gasteiger partial charge in [-0.05, 0) is 49.1 Å². The monoisotopic (exact) mass is 464 g/mol. The van der Waals surface area contributed by atoms with E-state index >= 15 is 0 Å². The zero-order valence-electron chi connectivity index (χ0n) is 16.0. The van der Waals surface area contributed by atoms with Gasteiger partial charge in [-0.15, -0.1) is 5.10 Å². The fourth-order valence-electron chi connectivity index (χ4n) is 3.16. The number of aromatic amines is 1. The number of sulfonamides is 1. The molecular formula is C20H21ClN4O3S2. The molecule has 1 saturated carbocycles. The highest BCUT2D eigenvalue weighted by Crippen LogP contribution is 2.36. The van der Waals surface area contributed by atoms with Crippen LogP contribution in [0.1, 0.15) is 36.9 Å². The van der Waals surface area contributed by atoms with Crippen molar-refractivity contribution in [3.63, 3.8) is 0 Å². The predicted octanol–water partition coefficient (Wildman–Crippen LogP) is 3.76. The maximum Gasteiger partial charge on any atom is 0.344 e. The fourth-order valence-corrected chi connectivity index (χ4v) is 5.57. The Morgan fingerprint density at radius 3 is 2.53 bits per heavy atom. The van der Waals surface area contributed by atoms with Crippen molar-refractivity contribution < 1.29 is 8.42 Å². The molecule has 30 heavy (non-hydrogen) atoms. The highest BCUT2D eigenvalue weighted by Gasteiger charge is 2.29. The summed E-state index contributed by atoms with van der Waals surface area (Å²) in [6.07, 6.45) is 2.51. The highest BCUT2D eigenvalue weighted by atomic mass is 35.5. The molecular weight excluding hydrogens is 444 g/mol. The van der Waals surface area contributed by atoms with Crippen LogP contribution in [-0.2, 0) is 10.0 Å². The van der Waals surface area contributed by atoms with E-state index in [9.17, 15) is 13.2 Å². The summed E-state index contributed by atoms with van der Waals surface area (Å²) in [5, 5.41) is 7.75. The molecule has 1 aliphatic carbocycles. The molecule has 158 valence electrons. The summed E-state index contributed by atoms with van der Waals surface area (Å²) in [5.74, 6) is 0.597. The lowest BCUT2D eigenvalue weighted by molar-refractivity contribution is 0.551. The quantitative estimate of drug-likeness (QED) is 0.470. The minimum atomic E-state index is -3.72. The molecule has 0 amide bonds. The molecule has 4 rings (SSSR count). The Morgan fingerprint density at radius 1 is 1.17 bits per heavy atom. The van der Waals surface area contributed by atoms with E-state index in [1.54, 1.807) is 16.7 Å². The van der Waals surface area contributed by atoms with Crippen LogP contribution in [0.4, 0.5) is 0 Å². The van der Waals surface area contributed by atoms with Crippen LogP contribution in [0.15, 0.2) is 69.4 Å². The van der Waals surface area contributed by atoms with E-state index in [1.807, 2.05) is 30.3 Å². The van der Waals surface area contributed by atoms with Crippen molar-refractivity contribution >= 4 is 33.4 Å². The molecule has 2 N–H and O–H groups in total. The second-order valence-electron chi connectivity index (χ2n) is 7.09. The molecule has 0 radical (unpaired) electrons. The summed E-state index contributed by atoms with van der Waals surface area (Å²) in [6, 6.07) is 15.3. The number of rotatable bonds is 9. The number of benzene rings is 2. The van der Waals surface area contributed by atoms with Gasteiger partial charge in [0.05, 0.1) is 4.90 Å². The van der Waals surface area contributed by atoms with Crippen LogP contribution in [0.25, 0.3) is 0 Å². The van der Waals surface area contributed by atoms with Crippen molar-refractivity contribution in [2.24, 2.45) is 0 Å². The average Bonchev–Trinajstić information content (AvgIpc) is 3.51. The largest absolute Gasteiger partial charge is 0.344 e. The van der Waals surface area contributed by atoms with Gasteiger partial charge in [-0.25, -0.2) is 23.0 Å². The van der Waals surface area contributed by atoms with Gasteiger partial charge in [-0.2, -0.15) is 0 Å². The van der Waals surface area contributed by atoms with Gasteiger partial charge in [0.25, 0.3) is 0 Å². The van der Waals surface area contributed by atoms with Gasteiger partial charge in [0, 0.05) is 22.9 Å². The van der Waals surface area contributed by atoms with Crippen LogP contribution in [0.2, 0.25) is 5.02 Å². The maximum absolute atomic E-state index is 12.9. The van der Waals surface area contributed by atoms with Gasteiger partial charge >= 0.3 is 5.69 Å². The zero-order valence-corrected chi connectivity index (χ0v) is 18.4. The third-order valence-corrected chi connectivity index (χ3v) is 7.57. The predicted molar refractivity (Wildman–Crippen MR) is 117 cm³/mol. The topological polar surface area (TPSA) is 96.8 Å². The third kappa shape index (κ3) is 4.97. The zero-order chi connectivity index (χ0) is 21.1.